The molecule has 1 N–H and O–H groups in total. The van der Waals surface area contributed by atoms with E-state index in [2.05, 4.69) is 99.5 Å². The number of hydrogen-bond acceptors (Lipinski definition) is 1. The van der Waals surface area contributed by atoms with Gasteiger partial charge >= 0.3 is 7.25 Å². The zero-order valence-corrected chi connectivity index (χ0v) is 25.0. The summed E-state index contributed by atoms with van der Waals surface area (Å²) >= 11 is 0. The number of hydrogen-bond donors (Lipinski definition) is 1. The van der Waals surface area contributed by atoms with E-state index < -0.39 is 7.25 Å². The van der Waals surface area contributed by atoms with Crippen LogP contribution in [0.5, 0.6) is 0 Å². The first-order valence-electron chi connectivity index (χ1n) is 10.6. The second-order valence-electron chi connectivity index (χ2n) is 10.1. The molecule has 0 aliphatic carbocycles. The molecule has 1 radical (unpaired) electrons. The van der Waals surface area contributed by atoms with E-state index in [0.717, 1.165) is 12.8 Å². The second-order valence-corrected chi connectivity index (χ2v) is 16.7. The summed E-state index contributed by atoms with van der Waals surface area (Å²) in [5.41, 5.74) is 0. The maximum absolute atomic E-state index is 9.75. The van der Waals surface area contributed by atoms with Crippen molar-refractivity contribution < 1.29 is 36.7 Å². The van der Waals surface area contributed by atoms with E-state index in [9.17, 15) is 17.3 Å². The fourth-order valence-electron chi connectivity index (χ4n) is 2.22. The molecular formula is C22H47BF4NP2Rh-. The summed E-state index contributed by atoms with van der Waals surface area (Å²) < 4.78 is 39.0. The van der Waals surface area contributed by atoms with Crippen LogP contribution in [0.1, 0.15) is 94.9 Å². The van der Waals surface area contributed by atoms with Crippen LogP contribution in [0.15, 0.2) is 24.8 Å². The number of unbranched alkanes of at least 4 members (excludes halogenated alkanes) is 2. The van der Waals surface area contributed by atoms with Gasteiger partial charge in [-0.3, -0.25) is 4.86 Å². The Balaban J connectivity index is -0.000000205. The fourth-order valence-corrected chi connectivity index (χ4v) is 9.04. The molecule has 1 atom stereocenters. The molecule has 0 spiro atoms. The summed E-state index contributed by atoms with van der Waals surface area (Å²) in [4.78, 5) is 3.97. The zero-order valence-electron chi connectivity index (χ0n) is 21.6. The van der Waals surface area contributed by atoms with Crippen LogP contribution in [0.4, 0.5) is 17.3 Å². The summed E-state index contributed by atoms with van der Waals surface area (Å²) in [5, 5.41) is 1.14. The Bertz CT molecular complexity index is 448. The van der Waals surface area contributed by atoms with E-state index in [-0.39, 0.29) is 35.6 Å². The van der Waals surface area contributed by atoms with Gasteiger partial charge in [0, 0.05) is 19.5 Å². The van der Waals surface area contributed by atoms with Gasteiger partial charge in [0.25, 0.3) is 0 Å². The quantitative estimate of drug-likeness (QED) is 0.104. The second kappa shape index (κ2) is 18.1. The number of halogens is 4. The van der Waals surface area contributed by atoms with Crippen LogP contribution < -0.4 is 4.86 Å². The monoisotopic (exact) mass is 577 g/mol. The average Bonchev–Trinajstić information content (AvgIpc) is 2.48. The van der Waals surface area contributed by atoms with Gasteiger partial charge in [0.05, 0.1) is 0 Å². The van der Waals surface area contributed by atoms with Crippen LogP contribution in [0.2, 0.25) is 0 Å². The first-order valence-corrected chi connectivity index (χ1v) is 13.7. The van der Waals surface area contributed by atoms with Crippen LogP contribution in [-0.4, -0.2) is 29.4 Å². The van der Waals surface area contributed by atoms with Gasteiger partial charge in [-0.2, -0.15) is 0 Å². The van der Waals surface area contributed by atoms with E-state index in [4.69, 9.17) is 0 Å². The Kier molecular flexibility index (Phi) is 22.7. The molecule has 191 valence electrons. The molecule has 0 bridgehead atoms. The number of allylic oxidation sites excluding steroid dienone is 3. The van der Waals surface area contributed by atoms with Crippen LogP contribution in [0.25, 0.3) is 0 Å². The van der Waals surface area contributed by atoms with E-state index in [1.54, 1.807) is 0 Å². The van der Waals surface area contributed by atoms with Crippen LogP contribution >= 0.6 is 16.1 Å². The molecule has 0 rings (SSSR count). The van der Waals surface area contributed by atoms with Crippen LogP contribution in [0.3, 0.4) is 0 Å². The normalized spacial score (nSPS) is 13.5. The molecule has 0 aliphatic rings. The van der Waals surface area contributed by atoms with Gasteiger partial charge in [0.1, 0.15) is 0 Å². The molecular weight excluding hydrogens is 530 g/mol. The van der Waals surface area contributed by atoms with Crippen molar-refractivity contribution >= 4 is 23.4 Å². The van der Waals surface area contributed by atoms with E-state index in [1.807, 2.05) is 6.08 Å². The van der Waals surface area contributed by atoms with Gasteiger partial charge in [0.15, 0.2) is 0 Å². The van der Waals surface area contributed by atoms with Crippen LogP contribution in [-0.2, 0) is 19.5 Å². The molecule has 0 heterocycles. The topological polar surface area (TPSA) is 12.0 Å². The molecule has 0 saturated heterocycles. The Morgan fingerprint density at radius 2 is 1.13 bits per heavy atom. The van der Waals surface area contributed by atoms with Crippen molar-refractivity contribution in [2.24, 2.45) is 0 Å². The predicted molar refractivity (Wildman–Crippen MR) is 136 cm³/mol. The Hall–Kier alpha value is 0.708. The SMILES string of the molecule is C=CCC/C=C\CCC.CP(NP(C(C)(C)C)C(C)(C)C)C(C)(C)C.F[B-](F)(F)F.[Rh]. The van der Waals surface area contributed by atoms with Gasteiger partial charge in [-0.25, -0.2) is 0 Å². The molecule has 0 aromatic heterocycles. The maximum atomic E-state index is 9.75. The first kappa shape index (κ1) is 38.9. The maximum Gasteiger partial charge on any atom is 0.673 e. The van der Waals surface area contributed by atoms with Crippen molar-refractivity contribution in [3.05, 3.63) is 24.8 Å². The third-order valence-corrected chi connectivity index (χ3v) is 10.5. The standard InChI is InChI=1S/C13H31NP2.C9H16.BF4.Rh/c1-11(2,3)15(10)14-16(12(4,5)6)13(7,8)9;1-3-5-7-9-8-6-4-2;2-1(3,4)5;/h14H,1-10H3;3,8-9H,1,4-7H2,2H3;;/q;;-1;/b;9-8-;;. The van der Waals surface area contributed by atoms with Crippen molar-refractivity contribution in [3.8, 4) is 0 Å². The average molecular weight is 577 g/mol. The molecule has 0 fully saturated rings. The third-order valence-electron chi connectivity index (χ3n) is 3.76. The summed E-state index contributed by atoms with van der Waals surface area (Å²) in [6, 6.07) is 0. The van der Waals surface area contributed by atoms with E-state index in [1.165, 1.54) is 12.8 Å². The van der Waals surface area contributed by atoms with E-state index in [0.29, 0.717) is 15.5 Å². The van der Waals surface area contributed by atoms with Crippen molar-refractivity contribution in [3.63, 3.8) is 0 Å². The van der Waals surface area contributed by atoms with Gasteiger partial charge in [-0.1, -0.05) is 93.9 Å². The van der Waals surface area contributed by atoms with E-state index >= 15 is 0 Å². The third kappa shape index (κ3) is 30.7. The molecule has 0 aliphatic heterocycles. The fraction of sp³-hybridized carbons (Fsp3) is 0.818. The summed E-state index contributed by atoms with van der Waals surface area (Å²) in [6.07, 6.45) is 11.2. The molecule has 0 aromatic rings. The van der Waals surface area contributed by atoms with Crippen LogP contribution in [0, 0.1) is 0 Å². The summed E-state index contributed by atoms with van der Waals surface area (Å²) in [6.45, 7) is 29.4. The minimum Gasteiger partial charge on any atom is -0.418 e. The molecule has 9 heteroatoms. The predicted octanol–water partition coefficient (Wildman–Crippen LogP) is 10.0. The summed E-state index contributed by atoms with van der Waals surface area (Å²) in [5.74, 6) is 0. The smallest absolute Gasteiger partial charge is 0.418 e. The first-order chi connectivity index (χ1) is 13.2. The molecule has 1 unspecified atom stereocenters. The van der Waals surface area contributed by atoms with Crippen molar-refractivity contribution in [2.75, 3.05) is 6.66 Å². The van der Waals surface area contributed by atoms with Gasteiger partial charge in [-0.05, 0) is 57.5 Å². The minimum absolute atomic E-state index is 0. The Labute approximate surface area is 206 Å². The van der Waals surface area contributed by atoms with Crippen molar-refractivity contribution in [2.45, 2.75) is 110 Å². The minimum atomic E-state index is -6.00. The molecule has 0 saturated carbocycles. The number of rotatable bonds is 7. The Morgan fingerprint density at radius 1 is 0.774 bits per heavy atom. The zero-order chi connectivity index (χ0) is 24.8. The van der Waals surface area contributed by atoms with Crippen molar-refractivity contribution in [1.29, 1.82) is 0 Å². The van der Waals surface area contributed by atoms with Gasteiger partial charge in [-0.15, -0.1) is 6.58 Å². The molecule has 1 nitrogen and oxygen atoms in total. The molecule has 31 heavy (non-hydrogen) atoms. The van der Waals surface area contributed by atoms with Gasteiger partial charge in [0.2, 0.25) is 0 Å². The Morgan fingerprint density at radius 3 is 1.39 bits per heavy atom. The van der Waals surface area contributed by atoms with Crippen molar-refractivity contribution in [1.82, 2.24) is 4.86 Å². The molecule has 0 aromatic carbocycles. The van der Waals surface area contributed by atoms with Gasteiger partial charge < -0.3 is 17.3 Å². The largest absolute Gasteiger partial charge is 0.673 e. The number of nitrogens with one attached hydrogen (secondary N) is 1. The molecule has 0 amide bonds. The summed E-state index contributed by atoms with van der Waals surface area (Å²) in [7, 11) is -6.28.